The Balaban J connectivity index is 1.93. The minimum atomic E-state index is -0.823. The van der Waals surface area contributed by atoms with E-state index in [1.165, 1.54) is 0 Å². The molecule has 4 nitrogen and oxygen atoms in total. The van der Waals surface area contributed by atoms with Crippen molar-refractivity contribution < 1.29 is 5.11 Å². The van der Waals surface area contributed by atoms with E-state index in [-0.39, 0.29) is 0 Å². The molecule has 1 aliphatic rings. The van der Waals surface area contributed by atoms with E-state index >= 15 is 0 Å². The zero-order valence-corrected chi connectivity index (χ0v) is 11.6. The van der Waals surface area contributed by atoms with Gasteiger partial charge in [0.25, 0.3) is 0 Å². The Morgan fingerprint density at radius 3 is 2.53 bits per heavy atom. The highest BCUT2D eigenvalue weighted by atomic mass is 32.1. The van der Waals surface area contributed by atoms with Crippen LogP contribution in [0.25, 0.3) is 0 Å². The van der Waals surface area contributed by atoms with E-state index in [4.69, 9.17) is 0 Å². The van der Waals surface area contributed by atoms with E-state index in [1.807, 2.05) is 5.38 Å². The number of hydrogen-bond donors (Lipinski definition) is 1. The summed E-state index contributed by atoms with van der Waals surface area (Å²) in [5.41, 5.74) is -0.0386. The lowest BCUT2D eigenvalue weighted by Crippen LogP contribution is -2.43. The summed E-state index contributed by atoms with van der Waals surface area (Å²) >= 11 is 1.64. The molecule has 1 fully saturated rings. The topological polar surface area (TPSA) is 39.6 Å². The van der Waals surface area contributed by atoms with Gasteiger partial charge in [0, 0.05) is 31.6 Å². The monoisotopic (exact) mass is 255 g/mol. The maximum Gasteiger partial charge on any atom is 0.107 e. The van der Waals surface area contributed by atoms with Crippen LogP contribution in [0.1, 0.15) is 24.5 Å². The van der Waals surface area contributed by atoms with E-state index in [9.17, 15) is 5.11 Å². The number of thiazole rings is 1. The van der Waals surface area contributed by atoms with Crippen LogP contribution in [0, 0.1) is 0 Å². The van der Waals surface area contributed by atoms with Gasteiger partial charge in [0.1, 0.15) is 10.6 Å². The third kappa shape index (κ3) is 3.48. The van der Waals surface area contributed by atoms with Gasteiger partial charge < -0.3 is 10.0 Å². The van der Waals surface area contributed by atoms with Crippen LogP contribution in [-0.2, 0) is 12.1 Å². The first-order valence-electron chi connectivity index (χ1n) is 6.03. The molecule has 0 spiro atoms. The van der Waals surface area contributed by atoms with Crippen LogP contribution >= 0.6 is 11.3 Å². The Hall–Kier alpha value is -0.490. The molecular weight excluding hydrogens is 234 g/mol. The third-order valence-electron chi connectivity index (χ3n) is 3.13. The second-order valence-electron chi connectivity index (χ2n) is 5.26. The Kier molecular flexibility index (Phi) is 3.82. The van der Waals surface area contributed by atoms with E-state index in [0.29, 0.717) is 0 Å². The van der Waals surface area contributed by atoms with Crippen molar-refractivity contribution in [3.05, 3.63) is 16.1 Å². The summed E-state index contributed by atoms with van der Waals surface area (Å²) in [5.74, 6) is 0. The summed E-state index contributed by atoms with van der Waals surface area (Å²) in [6.07, 6.45) is 0. The average Bonchev–Trinajstić information content (AvgIpc) is 2.69. The highest BCUT2D eigenvalue weighted by molar-refractivity contribution is 7.09. The van der Waals surface area contributed by atoms with Crippen LogP contribution < -0.4 is 0 Å². The molecule has 0 aromatic carbocycles. The molecule has 1 saturated heterocycles. The van der Waals surface area contributed by atoms with Crippen LogP contribution in [0.4, 0.5) is 0 Å². The average molecular weight is 255 g/mol. The summed E-state index contributed by atoms with van der Waals surface area (Å²) in [6.45, 7) is 8.94. The molecule has 2 rings (SSSR count). The number of likely N-dealkylation sites (N-methyl/N-ethyl adjacent to an activating group) is 1. The van der Waals surface area contributed by atoms with Crippen LogP contribution in [0.3, 0.4) is 0 Å². The van der Waals surface area contributed by atoms with Gasteiger partial charge in [-0.1, -0.05) is 0 Å². The molecule has 0 bridgehead atoms. The van der Waals surface area contributed by atoms with Gasteiger partial charge in [0.05, 0.1) is 12.2 Å². The molecule has 96 valence electrons. The second kappa shape index (κ2) is 5.02. The standard InChI is InChI=1S/C12H21N3OS/c1-12(2,16)10-9-17-11(13-10)8-15-6-4-14(3)5-7-15/h9,16H,4-8H2,1-3H3. The predicted molar refractivity (Wildman–Crippen MR) is 70.1 cm³/mol. The van der Waals surface area contributed by atoms with Gasteiger partial charge in [-0.05, 0) is 20.9 Å². The third-order valence-corrected chi connectivity index (χ3v) is 3.97. The first kappa shape index (κ1) is 13.0. The largest absolute Gasteiger partial charge is 0.384 e. The van der Waals surface area contributed by atoms with Crippen LogP contribution in [-0.4, -0.2) is 53.1 Å². The van der Waals surface area contributed by atoms with Gasteiger partial charge in [-0.3, -0.25) is 4.90 Å². The molecule has 0 radical (unpaired) electrons. The normalized spacial score (nSPS) is 19.8. The second-order valence-corrected chi connectivity index (χ2v) is 6.21. The predicted octanol–water partition coefficient (Wildman–Crippen LogP) is 1.12. The van der Waals surface area contributed by atoms with E-state index < -0.39 is 5.60 Å². The van der Waals surface area contributed by atoms with Crippen molar-refractivity contribution in [2.75, 3.05) is 33.2 Å². The molecule has 2 heterocycles. The lowest BCUT2D eigenvalue weighted by Gasteiger charge is -2.31. The van der Waals surface area contributed by atoms with Crippen LogP contribution in [0.5, 0.6) is 0 Å². The summed E-state index contributed by atoms with van der Waals surface area (Å²) in [4.78, 5) is 9.28. The minimum Gasteiger partial charge on any atom is -0.384 e. The molecule has 0 amide bonds. The Labute approximate surface area is 107 Å². The van der Waals surface area contributed by atoms with Crippen molar-refractivity contribution in [1.29, 1.82) is 0 Å². The maximum absolute atomic E-state index is 9.87. The van der Waals surface area contributed by atoms with Crippen LogP contribution in [0.2, 0.25) is 0 Å². The lowest BCUT2D eigenvalue weighted by molar-refractivity contribution is 0.0740. The molecule has 1 aliphatic heterocycles. The first-order valence-corrected chi connectivity index (χ1v) is 6.91. The molecule has 0 saturated carbocycles. The van der Waals surface area contributed by atoms with Gasteiger partial charge in [0.2, 0.25) is 0 Å². The first-order chi connectivity index (χ1) is 7.95. The maximum atomic E-state index is 9.87. The molecule has 1 N–H and O–H groups in total. The fourth-order valence-corrected chi connectivity index (χ4v) is 2.86. The van der Waals surface area contributed by atoms with Crippen molar-refractivity contribution in [3.8, 4) is 0 Å². The molecule has 17 heavy (non-hydrogen) atoms. The highest BCUT2D eigenvalue weighted by Crippen LogP contribution is 2.22. The highest BCUT2D eigenvalue weighted by Gasteiger charge is 2.21. The number of hydrogen-bond acceptors (Lipinski definition) is 5. The molecule has 1 aromatic rings. The summed E-state index contributed by atoms with van der Waals surface area (Å²) in [7, 11) is 2.16. The number of rotatable bonds is 3. The lowest BCUT2D eigenvalue weighted by atomic mass is 10.1. The van der Waals surface area contributed by atoms with E-state index in [0.717, 1.165) is 43.4 Å². The molecule has 5 heteroatoms. The molecular formula is C12H21N3OS. The quantitative estimate of drug-likeness (QED) is 0.878. The van der Waals surface area contributed by atoms with Gasteiger partial charge >= 0.3 is 0 Å². The fourth-order valence-electron chi connectivity index (χ4n) is 1.86. The molecule has 0 aliphatic carbocycles. The number of nitrogens with zero attached hydrogens (tertiary/aromatic N) is 3. The molecule has 0 atom stereocenters. The smallest absolute Gasteiger partial charge is 0.107 e. The van der Waals surface area contributed by atoms with Crippen molar-refractivity contribution in [3.63, 3.8) is 0 Å². The van der Waals surface area contributed by atoms with E-state index in [2.05, 4.69) is 21.8 Å². The molecule has 0 unspecified atom stereocenters. The minimum absolute atomic E-state index is 0.784. The Bertz CT molecular complexity index is 364. The Morgan fingerprint density at radius 2 is 2.00 bits per heavy atom. The fraction of sp³-hybridized carbons (Fsp3) is 0.750. The number of aromatic nitrogens is 1. The van der Waals surface area contributed by atoms with Gasteiger partial charge in [-0.25, -0.2) is 4.98 Å². The summed E-state index contributed by atoms with van der Waals surface area (Å²) in [6, 6.07) is 0. The van der Waals surface area contributed by atoms with Crippen molar-refractivity contribution in [1.82, 2.24) is 14.8 Å². The van der Waals surface area contributed by atoms with Crippen molar-refractivity contribution in [2.24, 2.45) is 0 Å². The van der Waals surface area contributed by atoms with Gasteiger partial charge in [-0.15, -0.1) is 11.3 Å². The molecule has 1 aromatic heterocycles. The van der Waals surface area contributed by atoms with Crippen LogP contribution in [0.15, 0.2) is 5.38 Å². The Morgan fingerprint density at radius 1 is 1.35 bits per heavy atom. The zero-order chi connectivity index (χ0) is 12.5. The van der Waals surface area contributed by atoms with Gasteiger partial charge in [0.15, 0.2) is 0 Å². The van der Waals surface area contributed by atoms with E-state index in [1.54, 1.807) is 25.2 Å². The van der Waals surface area contributed by atoms with Gasteiger partial charge in [-0.2, -0.15) is 0 Å². The summed E-state index contributed by atoms with van der Waals surface area (Å²) in [5, 5.41) is 12.9. The summed E-state index contributed by atoms with van der Waals surface area (Å²) < 4.78 is 0. The van der Waals surface area contributed by atoms with Crippen molar-refractivity contribution in [2.45, 2.75) is 26.0 Å². The zero-order valence-electron chi connectivity index (χ0n) is 10.8. The number of aliphatic hydroxyl groups is 1. The SMILES string of the molecule is CN1CCN(Cc2nc(C(C)(C)O)cs2)CC1. The number of piperazine rings is 1. The van der Waals surface area contributed by atoms with Crippen molar-refractivity contribution >= 4 is 11.3 Å².